The minimum atomic E-state index is 0.0747. The fourth-order valence-electron chi connectivity index (χ4n) is 1.84. The molecule has 0 radical (unpaired) electrons. The highest BCUT2D eigenvalue weighted by molar-refractivity contribution is 5.81. The number of ether oxygens (including phenoxy) is 1. The molecule has 0 saturated carbocycles. The lowest BCUT2D eigenvalue weighted by Gasteiger charge is -2.07. The van der Waals surface area contributed by atoms with Crippen LogP contribution in [-0.4, -0.2) is 46.5 Å². The van der Waals surface area contributed by atoms with Gasteiger partial charge in [-0.05, 0) is 37.6 Å². The standard InChI is InChI=1S/C15H21N7O2/c1-4-16-13-19-14(17-5-2)21-15(20-13)22-18-9-10-6-7-11(23)12(8-10)24-3/h6-9,23H,4-5H2,1-3H3,(H3,16,17,19,20,21,22)/b18-9-. The first-order valence-corrected chi connectivity index (χ1v) is 7.56. The summed E-state index contributed by atoms with van der Waals surface area (Å²) >= 11 is 0. The number of benzene rings is 1. The molecular weight excluding hydrogens is 310 g/mol. The lowest BCUT2D eigenvalue weighted by Crippen LogP contribution is -2.10. The number of rotatable bonds is 8. The Morgan fingerprint density at radius 2 is 1.71 bits per heavy atom. The minimum absolute atomic E-state index is 0.0747. The van der Waals surface area contributed by atoms with E-state index < -0.39 is 0 Å². The Morgan fingerprint density at radius 3 is 2.29 bits per heavy atom. The van der Waals surface area contributed by atoms with Crippen LogP contribution < -0.4 is 20.8 Å². The van der Waals surface area contributed by atoms with Gasteiger partial charge in [0.1, 0.15) is 0 Å². The molecule has 0 spiro atoms. The van der Waals surface area contributed by atoms with Gasteiger partial charge < -0.3 is 20.5 Å². The summed E-state index contributed by atoms with van der Waals surface area (Å²) in [6.45, 7) is 5.32. The van der Waals surface area contributed by atoms with E-state index in [0.717, 1.165) is 5.56 Å². The summed E-state index contributed by atoms with van der Waals surface area (Å²) in [5.41, 5.74) is 3.52. The summed E-state index contributed by atoms with van der Waals surface area (Å²) < 4.78 is 5.05. The summed E-state index contributed by atoms with van der Waals surface area (Å²) in [4.78, 5) is 12.7. The van der Waals surface area contributed by atoms with E-state index in [1.807, 2.05) is 13.8 Å². The Bertz CT molecular complexity index is 682. The van der Waals surface area contributed by atoms with Crippen molar-refractivity contribution in [2.45, 2.75) is 13.8 Å². The molecule has 0 aliphatic carbocycles. The van der Waals surface area contributed by atoms with Crippen LogP contribution in [-0.2, 0) is 0 Å². The summed E-state index contributed by atoms with van der Waals surface area (Å²) in [5.74, 6) is 1.70. The molecule has 24 heavy (non-hydrogen) atoms. The second-order valence-electron chi connectivity index (χ2n) is 4.67. The van der Waals surface area contributed by atoms with Gasteiger partial charge in [0, 0.05) is 13.1 Å². The van der Waals surface area contributed by atoms with E-state index >= 15 is 0 Å². The second-order valence-corrected chi connectivity index (χ2v) is 4.67. The molecule has 128 valence electrons. The predicted molar refractivity (Wildman–Crippen MR) is 94.0 cm³/mol. The highest BCUT2D eigenvalue weighted by Crippen LogP contribution is 2.25. The second kappa shape index (κ2) is 8.51. The summed E-state index contributed by atoms with van der Waals surface area (Å²) in [6.07, 6.45) is 1.57. The first kappa shape index (κ1) is 17.3. The molecule has 0 atom stereocenters. The lowest BCUT2D eigenvalue weighted by atomic mass is 10.2. The maximum atomic E-state index is 9.57. The number of anilines is 3. The van der Waals surface area contributed by atoms with Gasteiger partial charge in [0.15, 0.2) is 11.5 Å². The third-order valence-electron chi connectivity index (χ3n) is 2.89. The van der Waals surface area contributed by atoms with Crippen molar-refractivity contribution in [2.75, 3.05) is 36.3 Å². The van der Waals surface area contributed by atoms with Crippen molar-refractivity contribution in [3.05, 3.63) is 23.8 Å². The molecule has 0 unspecified atom stereocenters. The van der Waals surface area contributed by atoms with Crippen molar-refractivity contribution >= 4 is 24.1 Å². The Kier molecular flexibility index (Phi) is 6.12. The first-order chi connectivity index (χ1) is 11.7. The van der Waals surface area contributed by atoms with Gasteiger partial charge in [-0.15, -0.1) is 0 Å². The third-order valence-corrected chi connectivity index (χ3v) is 2.89. The fourth-order valence-corrected chi connectivity index (χ4v) is 1.84. The number of aromatic hydroxyl groups is 1. The van der Waals surface area contributed by atoms with Crippen molar-refractivity contribution < 1.29 is 9.84 Å². The monoisotopic (exact) mass is 331 g/mol. The number of nitrogens with one attached hydrogen (secondary N) is 3. The third kappa shape index (κ3) is 4.70. The molecule has 0 saturated heterocycles. The molecule has 2 rings (SSSR count). The zero-order valence-electron chi connectivity index (χ0n) is 13.9. The molecule has 0 bridgehead atoms. The van der Waals surface area contributed by atoms with Gasteiger partial charge in [0.25, 0.3) is 0 Å². The molecule has 1 aromatic carbocycles. The van der Waals surface area contributed by atoms with Crippen LogP contribution in [0.3, 0.4) is 0 Å². The van der Waals surface area contributed by atoms with E-state index in [4.69, 9.17) is 4.74 Å². The first-order valence-electron chi connectivity index (χ1n) is 7.56. The summed E-state index contributed by atoms with van der Waals surface area (Å²) in [6, 6.07) is 4.92. The van der Waals surface area contributed by atoms with Gasteiger partial charge in [-0.3, -0.25) is 0 Å². The van der Waals surface area contributed by atoms with E-state index in [1.165, 1.54) is 13.2 Å². The van der Waals surface area contributed by atoms with Gasteiger partial charge in [-0.25, -0.2) is 5.43 Å². The van der Waals surface area contributed by atoms with Crippen molar-refractivity contribution in [3.63, 3.8) is 0 Å². The Hall–Kier alpha value is -3.10. The number of hydrazone groups is 1. The largest absolute Gasteiger partial charge is 0.504 e. The Labute approximate surface area is 140 Å². The number of aromatic nitrogens is 3. The van der Waals surface area contributed by atoms with Crippen LogP contribution in [0.1, 0.15) is 19.4 Å². The summed E-state index contributed by atoms with van der Waals surface area (Å²) in [7, 11) is 1.49. The Balaban J connectivity index is 2.12. The molecule has 2 aromatic rings. The molecule has 1 aromatic heterocycles. The molecule has 0 aliphatic heterocycles. The van der Waals surface area contributed by atoms with Crippen LogP contribution in [0.25, 0.3) is 0 Å². The van der Waals surface area contributed by atoms with Crippen molar-refractivity contribution in [3.8, 4) is 11.5 Å². The van der Waals surface area contributed by atoms with Gasteiger partial charge in [0.2, 0.25) is 17.8 Å². The number of hydrogen-bond acceptors (Lipinski definition) is 9. The molecule has 9 nitrogen and oxygen atoms in total. The van der Waals surface area contributed by atoms with E-state index in [0.29, 0.717) is 36.7 Å². The normalized spacial score (nSPS) is 10.6. The average molecular weight is 331 g/mol. The quantitative estimate of drug-likeness (QED) is 0.428. The van der Waals surface area contributed by atoms with Crippen molar-refractivity contribution in [1.29, 1.82) is 0 Å². The number of phenolic OH excluding ortho intramolecular Hbond substituents is 1. The number of phenols is 1. The van der Waals surface area contributed by atoms with Crippen LogP contribution in [0.15, 0.2) is 23.3 Å². The maximum absolute atomic E-state index is 9.57. The van der Waals surface area contributed by atoms with E-state index in [9.17, 15) is 5.11 Å². The number of hydrogen-bond donors (Lipinski definition) is 4. The van der Waals surface area contributed by atoms with E-state index in [2.05, 4.69) is 36.1 Å². The molecule has 4 N–H and O–H groups in total. The van der Waals surface area contributed by atoms with Gasteiger partial charge >= 0.3 is 0 Å². The van der Waals surface area contributed by atoms with Crippen molar-refractivity contribution in [1.82, 2.24) is 15.0 Å². The van der Waals surface area contributed by atoms with Gasteiger partial charge in [0.05, 0.1) is 13.3 Å². The molecule has 0 fully saturated rings. The van der Waals surface area contributed by atoms with Gasteiger partial charge in [-0.1, -0.05) is 0 Å². The van der Waals surface area contributed by atoms with E-state index in [-0.39, 0.29) is 5.75 Å². The van der Waals surface area contributed by atoms with Crippen LogP contribution in [0, 0.1) is 0 Å². The van der Waals surface area contributed by atoms with E-state index in [1.54, 1.807) is 18.3 Å². The van der Waals surface area contributed by atoms with Crippen LogP contribution in [0.5, 0.6) is 11.5 Å². The zero-order valence-corrected chi connectivity index (χ0v) is 13.9. The van der Waals surface area contributed by atoms with Gasteiger partial charge in [-0.2, -0.15) is 20.1 Å². The van der Waals surface area contributed by atoms with Crippen LogP contribution in [0.2, 0.25) is 0 Å². The topological polar surface area (TPSA) is 117 Å². The fraction of sp³-hybridized carbons (Fsp3) is 0.333. The lowest BCUT2D eigenvalue weighted by molar-refractivity contribution is 0.373. The number of nitrogens with zero attached hydrogens (tertiary/aromatic N) is 4. The minimum Gasteiger partial charge on any atom is -0.504 e. The predicted octanol–water partition coefficient (Wildman–Crippen LogP) is 1.90. The smallest absolute Gasteiger partial charge is 0.250 e. The molecule has 0 aliphatic rings. The molecule has 0 amide bonds. The summed E-state index contributed by atoms with van der Waals surface area (Å²) in [5, 5.41) is 19.7. The van der Waals surface area contributed by atoms with Crippen molar-refractivity contribution in [2.24, 2.45) is 5.10 Å². The Morgan fingerprint density at radius 1 is 1.08 bits per heavy atom. The van der Waals surface area contributed by atoms with Crippen LogP contribution >= 0.6 is 0 Å². The molecule has 9 heteroatoms. The maximum Gasteiger partial charge on any atom is 0.250 e. The molecular formula is C15H21N7O2. The highest BCUT2D eigenvalue weighted by Gasteiger charge is 2.05. The highest BCUT2D eigenvalue weighted by atomic mass is 16.5. The molecule has 1 heterocycles. The van der Waals surface area contributed by atoms with Crippen LogP contribution in [0.4, 0.5) is 17.8 Å². The average Bonchev–Trinajstić information content (AvgIpc) is 2.57. The zero-order chi connectivity index (χ0) is 17.4. The number of methoxy groups -OCH3 is 1. The SMILES string of the molecule is CCNc1nc(NCC)nc(N/N=C\c2ccc(O)c(OC)c2)n1.